The van der Waals surface area contributed by atoms with Crippen molar-refractivity contribution in [3.05, 3.63) is 66.1 Å². The highest BCUT2D eigenvalue weighted by Crippen LogP contribution is 2.21. The molecule has 32 heavy (non-hydrogen) atoms. The predicted octanol–water partition coefficient (Wildman–Crippen LogP) is 2.19. The second-order valence-corrected chi connectivity index (χ2v) is 10.3. The van der Waals surface area contributed by atoms with Crippen LogP contribution in [0.25, 0.3) is 0 Å². The van der Waals surface area contributed by atoms with E-state index in [4.69, 9.17) is 5.14 Å². The van der Waals surface area contributed by atoms with Crippen LogP contribution in [0.3, 0.4) is 0 Å². The van der Waals surface area contributed by atoms with Crippen LogP contribution >= 0.6 is 0 Å². The first-order valence-corrected chi connectivity index (χ1v) is 12.5. The number of rotatable bonds is 9. The van der Waals surface area contributed by atoms with E-state index < -0.39 is 25.9 Å². The van der Waals surface area contributed by atoms with Gasteiger partial charge in [0, 0.05) is 17.9 Å². The minimum absolute atomic E-state index is 0.00768. The van der Waals surface area contributed by atoms with Crippen molar-refractivity contribution in [2.75, 3.05) is 16.4 Å². The molecule has 0 bridgehead atoms. The van der Waals surface area contributed by atoms with Crippen molar-refractivity contribution in [2.24, 2.45) is 5.14 Å². The van der Waals surface area contributed by atoms with Gasteiger partial charge in [0.15, 0.2) is 11.6 Å². The third-order valence-electron chi connectivity index (χ3n) is 4.28. The van der Waals surface area contributed by atoms with E-state index in [0.29, 0.717) is 11.4 Å². The van der Waals surface area contributed by atoms with Gasteiger partial charge in [0.05, 0.1) is 16.8 Å². The highest BCUT2D eigenvalue weighted by Gasteiger charge is 2.10. The van der Waals surface area contributed by atoms with Crippen molar-refractivity contribution >= 4 is 43.2 Å². The molecule has 0 aliphatic carbocycles. The zero-order valence-electron chi connectivity index (χ0n) is 16.9. The van der Waals surface area contributed by atoms with E-state index in [9.17, 15) is 21.2 Å². The van der Waals surface area contributed by atoms with Crippen LogP contribution < -0.4 is 20.5 Å². The van der Waals surface area contributed by atoms with E-state index in [1.807, 2.05) is 0 Å². The molecule has 3 aromatic rings. The number of hydrogen-bond donors (Lipinski definition) is 4. The largest absolute Gasteiger partial charge is 0.338 e. The lowest BCUT2D eigenvalue weighted by molar-refractivity contribution is 0.582. The van der Waals surface area contributed by atoms with Gasteiger partial charge in [0.1, 0.15) is 0 Å². The number of halogens is 1. The Balaban J connectivity index is 1.69. The SMILES string of the molecule is CCS(=O)(=O)NCc1ccc(Nc2nc(Nc3ccc(S(N)(=O)=O)cc3)ncc2F)cc1. The summed E-state index contributed by atoms with van der Waals surface area (Å²) in [5, 5.41) is 10.8. The maximum Gasteiger partial charge on any atom is 0.238 e. The third-order valence-corrected chi connectivity index (χ3v) is 6.55. The molecule has 0 amide bonds. The van der Waals surface area contributed by atoms with Crippen molar-refractivity contribution < 1.29 is 21.2 Å². The lowest BCUT2D eigenvalue weighted by atomic mass is 10.2. The van der Waals surface area contributed by atoms with E-state index in [1.54, 1.807) is 31.2 Å². The quantitative estimate of drug-likeness (QED) is 0.363. The molecule has 1 heterocycles. The van der Waals surface area contributed by atoms with Crippen molar-refractivity contribution in [3.8, 4) is 0 Å². The highest BCUT2D eigenvalue weighted by molar-refractivity contribution is 7.89. The molecule has 0 unspecified atom stereocenters. The summed E-state index contributed by atoms with van der Waals surface area (Å²) in [5.74, 6) is -0.683. The van der Waals surface area contributed by atoms with Gasteiger partial charge < -0.3 is 10.6 Å². The Labute approximate surface area is 185 Å². The van der Waals surface area contributed by atoms with Crippen molar-refractivity contribution in [1.82, 2.24) is 14.7 Å². The summed E-state index contributed by atoms with van der Waals surface area (Å²) in [4.78, 5) is 7.92. The molecule has 0 aliphatic rings. The monoisotopic (exact) mass is 480 g/mol. The number of nitrogens with one attached hydrogen (secondary N) is 3. The number of primary sulfonamides is 1. The lowest BCUT2D eigenvalue weighted by Gasteiger charge is -2.10. The number of aromatic nitrogens is 2. The van der Waals surface area contributed by atoms with Crippen LogP contribution in [0.4, 0.5) is 27.5 Å². The molecule has 3 rings (SSSR count). The maximum atomic E-state index is 14.2. The van der Waals surface area contributed by atoms with Gasteiger partial charge in [0.25, 0.3) is 0 Å². The van der Waals surface area contributed by atoms with Gasteiger partial charge in [-0.05, 0) is 48.9 Å². The molecular formula is C19H21FN6O4S2. The average Bonchev–Trinajstić information content (AvgIpc) is 2.75. The van der Waals surface area contributed by atoms with E-state index in [2.05, 4.69) is 25.3 Å². The van der Waals surface area contributed by atoms with E-state index >= 15 is 0 Å². The normalized spacial score (nSPS) is 11.8. The Hall–Kier alpha value is -3.13. The van der Waals surface area contributed by atoms with E-state index in [1.165, 1.54) is 24.3 Å². The number of anilines is 4. The van der Waals surface area contributed by atoms with Crippen molar-refractivity contribution in [3.63, 3.8) is 0 Å². The fourth-order valence-electron chi connectivity index (χ4n) is 2.51. The molecule has 10 nitrogen and oxygen atoms in total. The number of benzene rings is 2. The first kappa shape index (κ1) is 23.5. The molecule has 1 aromatic heterocycles. The molecule has 13 heteroatoms. The predicted molar refractivity (Wildman–Crippen MR) is 119 cm³/mol. The Morgan fingerprint density at radius 3 is 2.12 bits per heavy atom. The van der Waals surface area contributed by atoms with Crippen LogP contribution in [0.1, 0.15) is 12.5 Å². The Morgan fingerprint density at radius 1 is 0.938 bits per heavy atom. The molecule has 0 aliphatic heterocycles. The molecule has 0 radical (unpaired) electrons. The minimum Gasteiger partial charge on any atom is -0.338 e. The maximum absolute atomic E-state index is 14.2. The van der Waals surface area contributed by atoms with Crippen molar-refractivity contribution in [1.29, 1.82) is 0 Å². The molecular weight excluding hydrogens is 459 g/mol. The first-order chi connectivity index (χ1) is 15.1. The molecule has 2 aromatic carbocycles. The summed E-state index contributed by atoms with van der Waals surface area (Å²) in [5.41, 5.74) is 1.75. The van der Waals surface area contributed by atoms with Gasteiger partial charge in [-0.2, -0.15) is 4.98 Å². The number of nitrogens with two attached hydrogens (primary N) is 1. The van der Waals surface area contributed by atoms with Crippen LogP contribution in [0.5, 0.6) is 0 Å². The minimum atomic E-state index is -3.81. The lowest BCUT2D eigenvalue weighted by Crippen LogP contribution is -2.24. The molecule has 0 saturated carbocycles. The van der Waals surface area contributed by atoms with E-state index in [0.717, 1.165) is 11.8 Å². The molecule has 0 saturated heterocycles. The Bertz CT molecular complexity index is 1300. The third kappa shape index (κ3) is 6.43. The summed E-state index contributed by atoms with van der Waals surface area (Å²) in [6.07, 6.45) is 0.990. The molecule has 0 fully saturated rings. The van der Waals surface area contributed by atoms with Gasteiger partial charge in [-0.25, -0.2) is 36.1 Å². The summed E-state index contributed by atoms with van der Waals surface area (Å²) >= 11 is 0. The van der Waals surface area contributed by atoms with Crippen LogP contribution in [-0.4, -0.2) is 32.6 Å². The summed E-state index contributed by atoms with van der Waals surface area (Å²) in [7, 11) is -7.10. The van der Waals surface area contributed by atoms with Crippen molar-refractivity contribution in [2.45, 2.75) is 18.4 Å². The van der Waals surface area contributed by atoms with Gasteiger partial charge >= 0.3 is 0 Å². The summed E-state index contributed by atoms with van der Waals surface area (Å²) in [6, 6.07) is 12.3. The molecule has 170 valence electrons. The standard InChI is InChI=1S/C19H21FN6O4S2/c1-2-31(27,28)23-11-13-3-5-14(6-4-13)24-18-17(20)12-22-19(26-18)25-15-7-9-16(10-8-15)32(21,29)30/h3-10,12,23H,2,11H2,1H3,(H2,21,29,30)(H2,22,24,25,26). The van der Waals surface area contributed by atoms with Crippen LogP contribution in [0, 0.1) is 5.82 Å². The zero-order chi connectivity index (χ0) is 23.4. The van der Waals surface area contributed by atoms with Gasteiger partial charge in [-0.1, -0.05) is 12.1 Å². The van der Waals surface area contributed by atoms with Gasteiger partial charge in [-0.3, -0.25) is 0 Å². The summed E-state index contributed by atoms with van der Waals surface area (Å²) < 4.78 is 62.3. The Morgan fingerprint density at radius 2 is 1.53 bits per heavy atom. The molecule has 0 spiro atoms. The number of hydrogen-bond acceptors (Lipinski definition) is 8. The van der Waals surface area contributed by atoms with E-state index in [-0.39, 0.29) is 29.0 Å². The average molecular weight is 481 g/mol. The Kier molecular flexibility index (Phi) is 7.03. The number of nitrogens with zero attached hydrogens (tertiary/aromatic N) is 2. The molecule has 0 atom stereocenters. The highest BCUT2D eigenvalue weighted by atomic mass is 32.2. The summed E-state index contributed by atoms with van der Waals surface area (Å²) in [6.45, 7) is 1.70. The van der Waals surface area contributed by atoms with Crippen LogP contribution in [-0.2, 0) is 26.6 Å². The second kappa shape index (κ2) is 9.56. The number of sulfonamides is 2. The fraction of sp³-hybridized carbons (Fsp3) is 0.158. The topological polar surface area (TPSA) is 156 Å². The first-order valence-electron chi connectivity index (χ1n) is 9.31. The molecule has 5 N–H and O–H groups in total. The smallest absolute Gasteiger partial charge is 0.238 e. The fourth-order valence-corrected chi connectivity index (χ4v) is 3.62. The van der Waals surface area contributed by atoms with Gasteiger partial charge in [0.2, 0.25) is 26.0 Å². The van der Waals surface area contributed by atoms with Crippen LogP contribution in [0.15, 0.2) is 59.6 Å². The van der Waals surface area contributed by atoms with Crippen LogP contribution in [0.2, 0.25) is 0 Å². The second-order valence-electron chi connectivity index (χ2n) is 6.63. The van der Waals surface area contributed by atoms with Gasteiger partial charge in [-0.15, -0.1) is 0 Å². The zero-order valence-corrected chi connectivity index (χ0v) is 18.5.